The molecular formula is C21H32F2O. The van der Waals surface area contributed by atoms with Crippen molar-refractivity contribution in [3.8, 4) is 0 Å². The van der Waals surface area contributed by atoms with Gasteiger partial charge in [-0.3, -0.25) is 4.79 Å². The number of hydrogen-bond donors (Lipinski definition) is 0. The molecule has 0 amide bonds. The van der Waals surface area contributed by atoms with Gasteiger partial charge in [0.05, 0.1) is 0 Å². The second kappa shape index (κ2) is 5.27. The maximum absolute atomic E-state index is 14.2. The smallest absolute Gasteiger partial charge is 0.248 e. The number of Topliss-reactive ketones (excluding diaryl/α,β-unsaturated/α-hetero) is 1. The van der Waals surface area contributed by atoms with Crippen LogP contribution in [0.5, 0.6) is 0 Å². The van der Waals surface area contributed by atoms with E-state index in [2.05, 4.69) is 13.8 Å². The molecule has 6 unspecified atom stereocenters. The fourth-order valence-electron chi connectivity index (χ4n) is 7.88. The molecule has 4 aliphatic carbocycles. The summed E-state index contributed by atoms with van der Waals surface area (Å²) >= 11 is 0. The quantitative estimate of drug-likeness (QED) is 0.584. The highest BCUT2D eigenvalue weighted by atomic mass is 19.3. The Kier molecular flexibility index (Phi) is 3.72. The minimum absolute atomic E-state index is 0.174. The third kappa shape index (κ3) is 2.25. The normalized spacial score (nSPS) is 51.7. The van der Waals surface area contributed by atoms with E-state index in [0.717, 1.165) is 51.9 Å². The van der Waals surface area contributed by atoms with E-state index in [1.165, 1.54) is 6.42 Å². The molecule has 4 saturated carbocycles. The molecular weight excluding hydrogens is 306 g/mol. The van der Waals surface area contributed by atoms with Crippen LogP contribution in [0.15, 0.2) is 0 Å². The van der Waals surface area contributed by atoms with E-state index in [9.17, 15) is 13.6 Å². The van der Waals surface area contributed by atoms with Gasteiger partial charge in [-0.2, -0.15) is 0 Å². The van der Waals surface area contributed by atoms with Crippen LogP contribution < -0.4 is 0 Å². The molecule has 0 aromatic carbocycles. The van der Waals surface area contributed by atoms with E-state index in [1.54, 1.807) is 0 Å². The van der Waals surface area contributed by atoms with Gasteiger partial charge in [0.25, 0.3) is 0 Å². The molecule has 136 valence electrons. The number of carbonyl (C=O) groups is 1. The Labute approximate surface area is 145 Å². The molecule has 0 aromatic heterocycles. The van der Waals surface area contributed by atoms with Gasteiger partial charge in [-0.05, 0) is 86.4 Å². The zero-order chi connectivity index (χ0) is 17.3. The SMILES string of the molecule is CC(F)(F)C1CCC2C3CC[C@H]4CC(=O)CCC4(C)C3CCC21C. The molecule has 0 heterocycles. The van der Waals surface area contributed by atoms with Crippen molar-refractivity contribution in [2.75, 3.05) is 0 Å². The molecule has 7 atom stereocenters. The molecule has 1 nitrogen and oxygen atoms in total. The van der Waals surface area contributed by atoms with E-state index in [1.807, 2.05) is 0 Å². The van der Waals surface area contributed by atoms with Crippen LogP contribution in [-0.4, -0.2) is 11.7 Å². The van der Waals surface area contributed by atoms with E-state index in [0.29, 0.717) is 35.9 Å². The first-order valence-electron chi connectivity index (χ1n) is 10.1. The summed E-state index contributed by atoms with van der Waals surface area (Å²) in [7, 11) is 0. The summed E-state index contributed by atoms with van der Waals surface area (Å²) < 4.78 is 28.4. The first-order chi connectivity index (χ1) is 11.2. The van der Waals surface area contributed by atoms with Crippen molar-refractivity contribution in [1.82, 2.24) is 0 Å². The summed E-state index contributed by atoms with van der Waals surface area (Å²) in [6.07, 6.45) is 8.62. The second-order valence-electron chi connectivity index (χ2n) is 10.0. The topological polar surface area (TPSA) is 17.1 Å². The average molecular weight is 338 g/mol. The molecule has 24 heavy (non-hydrogen) atoms. The molecule has 4 fully saturated rings. The van der Waals surface area contributed by atoms with Crippen LogP contribution >= 0.6 is 0 Å². The van der Waals surface area contributed by atoms with Crippen molar-refractivity contribution < 1.29 is 13.6 Å². The highest BCUT2D eigenvalue weighted by molar-refractivity contribution is 5.79. The Hall–Kier alpha value is -0.470. The lowest BCUT2D eigenvalue weighted by Crippen LogP contribution is -2.54. The number of fused-ring (bicyclic) bond motifs is 5. The summed E-state index contributed by atoms with van der Waals surface area (Å²) in [6, 6.07) is 0. The first kappa shape index (κ1) is 17.0. The summed E-state index contributed by atoms with van der Waals surface area (Å²) in [6.45, 7) is 5.73. The molecule has 0 saturated heterocycles. The first-order valence-corrected chi connectivity index (χ1v) is 10.1. The van der Waals surface area contributed by atoms with E-state index >= 15 is 0 Å². The largest absolute Gasteiger partial charge is 0.300 e. The van der Waals surface area contributed by atoms with E-state index in [-0.39, 0.29) is 10.8 Å². The molecule has 0 radical (unpaired) electrons. The average Bonchev–Trinajstić information content (AvgIpc) is 2.85. The van der Waals surface area contributed by atoms with Crippen LogP contribution in [0, 0.1) is 40.4 Å². The van der Waals surface area contributed by atoms with Crippen LogP contribution in [0.4, 0.5) is 8.78 Å². The lowest BCUT2D eigenvalue weighted by molar-refractivity contribution is -0.152. The Morgan fingerprint density at radius 1 is 0.958 bits per heavy atom. The molecule has 0 bridgehead atoms. The summed E-state index contributed by atoms with van der Waals surface area (Å²) in [5.74, 6) is -0.235. The zero-order valence-corrected chi connectivity index (χ0v) is 15.4. The molecule has 4 aliphatic rings. The lowest BCUT2D eigenvalue weighted by atomic mass is 9.44. The maximum Gasteiger partial charge on any atom is 0.248 e. The fourth-order valence-corrected chi connectivity index (χ4v) is 7.88. The summed E-state index contributed by atoms with van der Waals surface area (Å²) in [5, 5.41) is 0. The standard InChI is InChI=1S/C21H32F2O/c1-19-10-8-14(24)12-13(19)4-5-15-16-6-7-18(21(3,22)23)20(16,2)11-9-17(15)19/h13,15-18H,4-12H2,1-3H3/t13-,15?,16?,17?,18?,19?,20?/m0/s1. The van der Waals surface area contributed by atoms with E-state index < -0.39 is 11.8 Å². The van der Waals surface area contributed by atoms with Gasteiger partial charge >= 0.3 is 0 Å². The minimum Gasteiger partial charge on any atom is -0.300 e. The van der Waals surface area contributed by atoms with Gasteiger partial charge in [0, 0.05) is 18.8 Å². The van der Waals surface area contributed by atoms with E-state index in [4.69, 9.17) is 0 Å². The van der Waals surface area contributed by atoms with Crippen LogP contribution in [0.1, 0.15) is 78.6 Å². The third-order valence-corrected chi connectivity index (χ3v) is 9.09. The van der Waals surface area contributed by atoms with Crippen molar-refractivity contribution in [3.05, 3.63) is 0 Å². The van der Waals surface area contributed by atoms with Crippen molar-refractivity contribution in [2.24, 2.45) is 40.4 Å². The van der Waals surface area contributed by atoms with Gasteiger partial charge in [-0.1, -0.05) is 13.8 Å². The third-order valence-electron chi connectivity index (χ3n) is 9.09. The number of alkyl halides is 2. The fraction of sp³-hybridized carbons (Fsp3) is 0.952. The van der Waals surface area contributed by atoms with Crippen LogP contribution in [0.2, 0.25) is 0 Å². The van der Waals surface area contributed by atoms with Crippen molar-refractivity contribution in [2.45, 2.75) is 84.5 Å². The Morgan fingerprint density at radius 2 is 1.67 bits per heavy atom. The Balaban J connectivity index is 1.62. The van der Waals surface area contributed by atoms with Crippen LogP contribution in [0.3, 0.4) is 0 Å². The number of hydrogen-bond acceptors (Lipinski definition) is 1. The van der Waals surface area contributed by atoms with Gasteiger partial charge in [0.1, 0.15) is 5.78 Å². The summed E-state index contributed by atoms with van der Waals surface area (Å²) in [5.41, 5.74) is 0.109. The molecule has 0 spiro atoms. The Morgan fingerprint density at radius 3 is 2.38 bits per heavy atom. The predicted octanol–water partition coefficient (Wildman–Crippen LogP) is 5.87. The molecule has 0 aliphatic heterocycles. The highest BCUT2D eigenvalue weighted by Crippen LogP contribution is 2.68. The van der Waals surface area contributed by atoms with Gasteiger partial charge in [-0.15, -0.1) is 0 Å². The molecule has 3 heteroatoms. The van der Waals surface area contributed by atoms with Crippen LogP contribution in [-0.2, 0) is 4.79 Å². The number of ketones is 1. The van der Waals surface area contributed by atoms with Gasteiger partial charge in [0.15, 0.2) is 0 Å². The van der Waals surface area contributed by atoms with Crippen molar-refractivity contribution in [3.63, 3.8) is 0 Å². The van der Waals surface area contributed by atoms with Gasteiger partial charge < -0.3 is 0 Å². The number of carbonyl (C=O) groups excluding carboxylic acids is 1. The maximum atomic E-state index is 14.2. The molecule has 0 aromatic rings. The zero-order valence-electron chi connectivity index (χ0n) is 15.4. The minimum atomic E-state index is -2.55. The number of rotatable bonds is 1. The monoisotopic (exact) mass is 338 g/mol. The lowest BCUT2D eigenvalue weighted by Gasteiger charge is -2.60. The van der Waals surface area contributed by atoms with Gasteiger partial charge in [-0.25, -0.2) is 8.78 Å². The molecule has 4 rings (SSSR count). The van der Waals surface area contributed by atoms with Gasteiger partial charge in [0.2, 0.25) is 5.92 Å². The van der Waals surface area contributed by atoms with Crippen molar-refractivity contribution in [1.29, 1.82) is 0 Å². The predicted molar refractivity (Wildman–Crippen MR) is 90.8 cm³/mol. The number of halogens is 2. The molecule has 0 N–H and O–H groups in total. The Bertz CT molecular complexity index is 538. The second-order valence-corrected chi connectivity index (χ2v) is 10.0. The highest BCUT2D eigenvalue weighted by Gasteiger charge is 2.63. The van der Waals surface area contributed by atoms with Crippen LogP contribution in [0.25, 0.3) is 0 Å². The van der Waals surface area contributed by atoms with Crippen molar-refractivity contribution >= 4 is 5.78 Å². The summed E-state index contributed by atoms with van der Waals surface area (Å²) in [4.78, 5) is 11.9.